The summed E-state index contributed by atoms with van der Waals surface area (Å²) in [5.74, 6) is 2.09. The maximum Gasteiger partial charge on any atom is 0.130 e. The lowest BCUT2D eigenvalue weighted by atomic mass is 10.0. The highest BCUT2D eigenvalue weighted by atomic mass is 16.5. The summed E-state index contributed by atoms with van der Waals surface area (Å²) in [7, 11) is 0. The van der Waals surface area contributed by atoms with Gasteiger partial charge in [-0.05, 0) is 41.8 Å². The molecule has 19 heavy (non-hydrogen) atoms. The second kappa shape index (κ2) is 5.57. The highest BCUT2D eigenvalue weighted by Gasteiger charge is 2.07. The van der Waals surface area contributed by atoms with Gasteiger partial charge in [0, 0.05) is 5.56 Å². The van der Waals surface area contributed by atoms with Crippen molar-refractivity contribution in [2.45, 2.75) is 19.8 Å². The molecule has 0 atom stereocenters. The van der Waals surface area contributed by atoms with Crippen LogP contribution in [0.5, 0.6) is 11.5 Å². The number of hydrogen-bond donors (Lipinski definition) is 2. The van der Waals surface area contributed by atoms with Crippen LogP contribution in [0.15, 0.2) is 48.5 Å². The number of amidine groups is 1. The molecule has 0 saturated carbocycles. The standard InChI is InChI=1S/C16H18N2O/c1-11(2)14-5-3-4-6-15(14)19-13-9-7-12(8-10-13)16(17)18/h3-11H,1-2H3,(H3,17,18). The van der Waals surface area contributed by atoms with Crippen LogP contribution in [0.2, 0.25) is 0 Å². The fraction of sp³-hybridized carbons (Fsp3) is 0.188. The van der Waals surface area contributed by atoms with Gasteiger partial charge in [-0.1, -0.05) is 32.0 Å². The van der Waals surface area contributed by atoms with E-state index in [9.17, 15) is 0 Å². The summed E-state index contributed by atoms with van der Waals surface area (Å²) in [5.41, 5.74) is 7.30. The third-order valence-electron chi connectivity index (χ3n) is 2.93. The van der Waals surface area contributed by atoms with Crippen molar-refractivity contribution >= 4 is 5.84 Å². The van der Waals surface area contributed by atoms with Gasteiger partial charge in [-0.25, -0.2) is 0 Å². The van der Waals surface area contributed by atoms with E-state index in [-0.39, 0.29) is 5.84 Å². The van der Waals surface area contributed by atoms with Crippen molar-refractivity contribution in [1.29, 1.82) is 5.41 Å². The molecule has 3 N–H and O–H groups in total. The fourth-order valence-corrected chi connectivity index (χ4v) is 1.88. The minimum atomic E-state index is 0.0640. The Kier molecular flexibility index (Phi) is 3.85. The maximum absolute atomic E-state index is 7.35. The molecule has 2 aromatic rings. The van der Waals surface area contributed by atoms with Crippen molar-refractivity contribution in [1.82, 2.24) is 0 Å². The second-order valence-corrected chi connectivity index (χ2v) is 4.73. The Hall–Kier alpha value is -2.29. The van der Waals surface area contributed by atoms with Crippen LogP contribution in [0.1, 0.15) is 30.9 Å². The zero-order valence-electron chi connectivity index (χ0n) is 11.2. The third kappa shape index (κ3) is 3.13. The van der Waals surface area contributed by atoms with Gasteiger partial charge in [0.15, 0.2) is 0 Å². The molecule has 3 nitrogen and oxygen atoms in total. The number of hydrogen-bond acceptors (Lipinski definition) is 2. The molecule has 0 radical (unpaired) electrons. The molecule has 0 heterocycles. The Morgan fingerprint density at radius 2 is 1.68 bits per heavy atom. The van der Waals surface area contributed by atoms with Crippen LogP contribution in [0, 0.1) is 5.41 Å². The van der Waals surface area contributed by atoms with Gasteiger partial charge in [0.25, 0.3) is 0 Å². The molecule has 2 aromatic carbocycles. The fourth-order valence-electron chi connectivity index (χ4n) is 1.88. The molecule has 98 valence electrons. The van der Waals surface area contributed by atoms with E-state index >= 15 is 0 Å². The number of para-hydroxylation sites is 1. The van der Waals surface area contributed by atoms with E-state index in [1.807, 2.05) is 30.3 Å². The van der Waals surface area contributed by atoms with E-state index < -0.39 is 0 Å². The molecule has 0 saturated heterocycles. The van der Waals surface area contributed by atoms with E-state index in [0.29, 0.717) is 11.5 Å². The summed E-state index contributed by atoms with van der Waals surface area (Å²) in [6.07, 6.45) is 0. The van der Waals surface area contributed by atoms with Gasteiger partial charge in [0.1, 0.15) is 17.3 Å². The molecule has 0 spiro atoms. The second-order valence-electron chi connectivity index (χ2n) is 4.73. The molecule has 0 aliphatic heterocycles. The van der Waals surface area contributed by atoms with Gasteiger partial charge in [0.05, 0.1) is 0 Å². The summed E-state index contributed by atoms with van der Waals surface area (Å²) in [6, 6.07) is 15.2. The van der Waals surface area contributed by atoms with Crippen LogP contribution in [-0.2, 0) is 0 Å². The van der Waals surface area contributed by atoms with Gasteiger partial charge in [-0.15, -0.1) is 0 Å². The van der Waals surface area contributed by atoms with E-state index in [1.165, 1.54) is 5.56 Å². The molecule has 0 bridgehead atoms. The quantitative estimate of drug-likeness (QED) is 0.642. The monoisotopic (exact) mass is 254 g/mol. The van der Waals surface area contributed by atoms with Crippen molar-refractivity contribution in [2.75, 3.05) is 0 Å². The molecule has 0 aliphatic rings. The molecule has 3 heteroatoms. The van der Waals surface area contributed by atoms with Crippen molar-refractivity contribution < 1.29 is 4.74 Å². The van der Waals surface area contributed by atoms with Gasteiger partial charge in [-0.2, -0.15) is 0 Å². The lowest BCUT2D eigenvalue weighted by Crippen LogP contribution is -2.10. The first-order valence-electron chi connectivity index (χ1n) is 6.29. The molecule has 0 aromatic heterocycles. The number of nitrogen functional groups attached to an aromatic ring is 1. The largest absolute Gasteiger partial charge is 0.457 e. The predicted molar refractivity (Wildman–Crippen MR) is 78.1 cm³/mol. The van der Waals surface area contributed by atoms with Gasteiger partial charge < -0.3 is 10.5 Å². The van der Waals surface area contributed by atoms with Crippen molar-refractivity contribution in [3.8, 4) is 11.5 Å². The molecule has 2 rings (SSSR count). The van der Waals surface area contributed by atoms with Crippen molar-refractivity contribution in [2.24, 2.45) is 5.73 Å². The Morgan fingerprint density at radius 3 is 2.26 bits per heavy atom. The average molecular weight is 254 g/mol. The first-order valence-corrected chi connectivity index (χ1v) is 6.29. The number of nitrogens with one attached hydrogen (secondary N) is 1. The summed E-state index contributed by atoms with van der Waals surface area (Å²) in [6.45, 7) is 4.28. The molecule has 0 aliphatic carbocycles. The summed E-state index contributed by atoms with van der Waals surface area (Å²) >= 11 is 0. The van der Waals surface area contributed by atoms with Crippen molar-refractivity contribution in [3.05, 3.63) is 59.7 Å². The van der Waals surface area contributed by atoms with E-state index in [0.717, 1.165) is 11.5 Å². The summed E-state index contributed by atoms with van der Waals surface area (Å²) in [5, 5.41) is 7.35. The molecular weight excluding hydrogens is 236 g/mol. The van der Waals surface area contributed by atoms with Gasteiger partial charge >= 0.3 is 0 Å². The zero-order chi connectivity index (χ0) is 13.8. The topological polar surface area (TPSA) is 59.1 Å². The van der Waals surface area contributed by atoms with Crippen molar-refractivity contribution in [3.63, 3.8) is 0 Å². The normalized spacial score (nSPS) is 10.5. The van der Waals surface area contributed by atoms with E-state index in [2.05, 4.69) is 19.9 Å². The molecule has 0 amide bonds. The number of nitrogens with two attached hydrogens (primary N) is 1. The molecule has 0 fully saturated rings. The van der Waals surface area contributed by atoms with Gasteiger partial charge in [-0.3, -0.25) is 5.41 Å². The number of benzene rings is 2. The molecule has 0 unspecified atom stereocenters. The Balaban J connectivity index is 2.24. The SMILES string of the molecule is CC(C)c1ccccc1Oc1ccc(C(=N)N)cc1. The van der Waals surface area contributed by atoms with E-state index in [4.69, 9.17) is 15.9 Å². The van der Waals surface area contributed by atoms with Crippen LogP contribution < -0.4 is 10.5 Å². The highest BCUT2D eigenvalue weighted by molar-refractivity contribution is 5.94. The minimum absolute atomic E-state index is 0.0640. The minimum Gasteiger partial charge on any atom is -0.457 e. The first-order chi connectivity index (χ1) is 9.08. The smallest absolute Gasteiger partial charge is 0.130 e. The van der Waals surface area contributed by atoms with Gasteiger partial charge in [0.2, 0.25) is 0 Å². The highest BCUT2D eigenvalue weighted by Crippen LogP contribution is 2.30. The van der Waals surface area contributed by atoms with E-state index in [1.54, 1.807) is 12.1 Å². The van der Waals surface area contributed by atoms with Crippen LogP contribution in [0.3, 0.4) is 0 Å². The summed E-state index contributed by atoms with van der Waals surface area (Å²) < 4.78 is 5.89. The zero-order valence-corrected chi connectivity index (χ0v) is 11.2. The lowest BCUT2D eigenvalue weighted by molar-refractivity contribution is 0.473. The number of rotatable bonds is 4. The van der Waals surface area contributed by atoms with Crippen LogP contribution in [-0.4, -0.2) is 5.84 Å². The average Bonchev–Trinajstić information content (AvgIpc) is 2.39. The lowest BCUT2D eigenvalue weighted by Gasteiger charge is -2.13. The molecular formula is C16H18N2O. The first kappa shape index (κ1) is 13.1. The Labute approximate surface area is 113 Å². The predicted octanol–water partition coefficient (Wildman–Crippen LogP) is 3.89. The third-order valence-corrected chi connectivity index (χ3v) is 2.93. The maximum atomic E-state index is 7.35. The van der Waals surface area contributed by atoms with Crippen LogP contribution in [0.25, 0.3) is 0 Å². The number of ether oxygens (including phenoxy) is 1. The van der Waals surface area contributed by atoms with Crippen LogP contribution >= 0.6 is 0 Å². The Bertz CT molecular complexity index is 574. The van der Waals surface area contributed by atoms with Crippen LogP contribution in [0.4, 0.5) is 0 Å². The summed E-state index contributed by atoms with van der Waals surface area (Å²) in [4.78, 5) is 0. The Morgan fingerprint density at radius 1 is 1.05 bits per heavy atom.